The number of carbonyl (C=O) groups is 1. The summed E-state index contributed by atoms with van der Waals surface area (Å²) >= 11 is 0. The van der Waals surface area contributed by atoms with Crippen LogP contribution in [0.4, 0.5) is 11.4 Å². The van der Waals surface area contributed by atoms with Crippen molar-refractivity contribution in [2.45, 2.75) is 12.1 Å². The molecule has 3 aromatic carbocycles. The summed E-state index contributed by atoms with van der Waals surface area (Å²) < 4.78 is 0. The lowest BCUT2D eigenvalue weighted by molar-refractivity contribution is -0.121. The van der Waals surface area contributed by atoms with Gasteiger partial charge in [-0.15, -0.1) is 0 Å². The predicted molar refractivity (Wildman–Crippen MR) is 95.8 cm³/mol. The van der Waals surface area contributed by atoms with Gasteiger partial charge in [-0.05, 0) is 17.7 Å². The monoisotopic (exact) mass is 325 g/mol. The van der Waals surface area contributed by atoms with Gasteiger partial charge >= 0.3 is 0 Å². The van der Waals surface area contributed by atoms with E-state index in [2.05, 4.69) is 10.2 Å². The van der Waals surface area contributed by atoms with Gasteiger partial charge in [0.1, 0.15) is 0 Å². The van der Waals surface area contributed by atoms with Crippen LogP contribution in [0.15, 0.2) is 89.1 Å². The molecular formula is C21H15N3O. The fourth-order valence-electron chi connectivity index (χ4n) is 3.76. The fraction of sp³-hybridized carbons (Fsp3) is 0.0952. The highest BCUT2D eigenvalue weighted by Crippen LogP contribution is 2.53. The van der Waals surface area contributed by atoms with Gasteiger partial charge in [0.05, 0.1) is 17.9 Å². The molecule has 4 nitrogen and oxygen atoms in total. The number of rotatable bonds is 2. The van der Waals surface area contributed by atoms with Gasteiger partial charge in [-0.1, -0.05) is 66.7 Å². The van der Waals surface area contributed by atoms with Crippen LogP contribution in [0.2, 0.25) is 0 Å². The summed E-state index contributed by atoms with van der Waals surface area (Å²) in [7, 11) is 0. The first kappa shape index (κ1) is 14.1. The molecule has 1 spiro atoms. The van der Waals surface area contributed by atoms with Crippen LogP contribution < -0.4 is 4.90 Å². The van der Waals surface area contributed by atoms with Gasteiger partial charge in [-0.25, -0.2) is 0 Å². The average molecular weight is 325 g/mol. The molecule has 5 rings (SSSR count). The second kappa shape index (κ2) is 5.11. The molecular weight excluding hydrogens is 310 g/mol. The Hall–Kier alpha value is -3.27. The zero-order valence-electron chi connectivity index (χ0n) is 13.5. The maximum absolute atomic E-state index is 13.5. The number of hydrogen-bond donors (Lipinski definition) is 0. The van der Waals surface area contributed by atoms with Crippen LogP contribution in [-0.4, -0.2) is 5.91 Å². The van der Waals surface area contributed by atoms with Crippen molar-refractivity contribution in [3.8, 4) is 0 Å². The largest absolute Gasteiger partial charge is 0.305 e. The first-order valence-corrected chi connectivity index (χ1v) is 8.28. The first-order chi connectivity index (χ1) is 12.3. The van der Waals surface area contributed by atoms with Crippen molar-refractivity contribution >= 4 is 17.3 Å². The number of hydrogen-bond acceptors (Lipinski definition) is 3. The molecule has 1 unspecified atom stereocenters. The minimum Gasteiger partial charge on any atom is -0.305 e. The Bertz CT molecular complexity index is 1010. The maximum Gasteiger partial charge on any atom is 0.266 e. The first-order valence-electron chi connectivity index (χ1n) is 8.28. The summed E-state index contributed by atoms with van der Waals surface area (Å²) in [6.45, 7) is 0.524. The molecule has 2 heterocycles. The van der Waals surface area contributed by atoms with Crippen LogP contribution in [-0.2, 0) is 16.9 Å². The molecule has 0 bridgehead atoms. The molecule has 0 N–H and O–H groups in total. The molecule has 2 aliphatic heterocycles. The summed E-state index contributed by atoms with van der Waals surface area (Å²) in [5.74, 6) is -0.0359. The number of nitrogens with zero attached hydrogens (tertiary/aromatic N) is 3. The molecule has 120 valence electrons. The lowest BCUT2D eigenvalue weighted by atomic mass is 9.85. The van der Waals surface area contributed by atoms with E-state index in [4.69, 9.17) is 0 Å². The summed E-state index contributed by atoms with van der Waals surface area (Å²) in [5, 5.41) is 8.79. The Labute approximate surface area is 145 Å². The number of anilines is 1. The Morgan fingerprint density at radius 3 is 2.32 bits per heavy atom. The molecule has 25 heavy (non-hydrogen) atoms. The smallest absolute Gasteiger partial charge is 0.266 e. The van der Waals surface area contributed by atoms with Crippen molar-refractivity contribution in [3.63, 3.8) is 0 Å². The molecule has 0 aromatic heterocycles. The summed E-state index contributed by atoms with van der Waals surface area (Å²) in [6, 6.07) is 25.6. The topological polar surface area (TPSA) is 45.0 Å². The van der Waals surface area contributed by atoms with Crippen LogP contribution in [0, 0.1) is 0 Å². The molecule has 1 amide bonds. The third-order valence-corrected chi connectivity index (χ3v) is 4.92. The molecule has 1 atom stereocenters. The summed E-state index contributed by atoms with van der Waals surface area (Å²) in [5.41, 5.74) is 3.50. The number of para-hydroxylation sites is 1. The lowest BCUT2D eigenvalue weighted by Gasteiger charge is -2.21. The van der Waals surface area contributed by atoms with E-state index in [0.29, 0.717) is 6.54 Å². The van der Waals surface area contributed by atoms with E-state index >= 15 is 0 Å². The van der Waals surface area contributed by atoms with E-state index in [-0.39, 0.29) is 5.91 Å². The van der Waals surface area contributed by atoms with Crippen molar-refractivity contribution in [2.75, 3.05) is 4.90 Å². The molecule has 2 aliphatic rings. The van der Waals surface area contributed by atoms with Gasteiger partial charge in [-0.2, -0.15) is 10.2 Å². The van der Waals surface area contributed by atoms with Gasteiger partial charge < -0.3 is 4.90 Å². The normalized spacial score (nSPS) is 20.2. The highest BCUT2D eigenvalue weighted by atomic mass is 16.2. The predicted octanol–water partition coefficient (Wildman–Crippen LogP) is 4.57. The molecule has 0 saturated heterocycles. The maximum atomic E-state index is 13.5. The van der Waals surface area contributed by atoms with Crippen molar-refractivity contribution in [2.24, 2.45) is 10.2 Å². The van der Waals surface area contributed by atoms with E-state index < -0.39 is 5.54 Å². The van der Waals surface area contributed by atoms with Gasteiger partial charge in [0.25, 0.3) is 5.91 Å². The second-order valence-electron chi connectivity index (χ2n) is 6.32. The molecule has 0 aliphatic carbocycles. The van der Waals surface area contributed by atoms with Gasteiger partial charge in [-0.3, -0.25) is 4.79 Å². The van der Waals surface area contributed by atoms with Gasteiger partial charge in [0.15, 0.2) is 0 Å². The van der Waals surface area contributed by atoms with E-state index in [1.54, 1.807) is 0 Å². The van der Waals surface area contributed by atoms with Gasteiger partial charge in [0.2, 0.25) is 5.54 Å². The van der Waals surface area contributed by atoms with Crippen LogP contribution >= 0.6 is 0 Å². The number of carbonyl (C=O) groups excluding carboxylic acids is 1. The quantitative estimate of drug-likeness (QED) is 0.680. The van der Waals surface area contributed by atoms with E-state index in [1.807, 2.05) is 83.8 Å². The Kier molecular flexibility index (Phi) is 2.88. The Morgan fingerprint density at radius 1 is 0.800 bits per heavy atom. The van der Waals surface area contributed by atoms with E-state index in [1.165, 1.54) is 0 Å². The highest BCUT2D eigenvalue weighted by Gasteiger charge is 2.55. The number of amides is 1. The number of azo groups is 1. The van der Waals surface area contributed by atoms with Crippen LogP contribution in [0.1, 0.15) is 16.7 Å². The lowest BCUT2D eigenvalue weighted by Crippen LogP contribution is -2.38. The van der Waals surface area contributed by atoms with Crippen molar-refractivity contribution in [1.29, 1.82) is 0 Å². The minimum atomic E-state index is -1.04. The molecule has 3 aromatic rings. The second-order valence-corrected chi connectivity index (χ2v) is 6.32. The van der Waals surface area contributed by atoms with Gasteiger partial charge in [0, 0.05) is 11.1 Å². The standard InChI is InChI=1S/C21H15N3O/c25-20-21(16-10-4-6-12-18(16)22-23-21)17-11-5-7-13-19(17)24(20)14-15-8-2-1-3-9-15/h1-13H,14H2. The zero-order chi connectivity index (χ0) is 16.9. The fourth-order valence-corrected chi connectivity index (χ4v) is 3.76. The zero-order valence-corrected chi connectivity index (χ0v) is 13.5. The molecule has 0 radical (unpaired) electrons. The molecule has 4 heteroatoms. The Balaban J connectivity index is 1.69. The van der Waals surface area contributed by atoms with Crippen molar-refractivity contribution in [1.82, 2.24) is 0 Å². The van der Waals surface area contributed by atoms with Crippen molar-refractivity contribution in [3.05, 3.63) is 95.6 Å². The summed E-state index contributed by atoms with van der Waals surface area (Å²) in [4.78, 5) is 15.4. The van der Waals surface area contributed by atoms with E-state index in [9.17, 15) is 4.79 Å². The highest BCUT2D eigenvalue weighted by molar-refractivity contribution is 6.11. The van der Waals surface area contributed by atoms with E-state index in [0.717, 1.165) is 28.1 Å². The number of benzene rings is 3. The van der Waals surface area contributed by atoms with Crippen LogP contribution in [0.5, 0.6) is 0 Å². The average Bonchev–Trinajstić information content (AvgIpc) is 3.17. The van der Waals surface area contributed by atoms with Crippen LogP contribution in [0.3, 0.4) is 0 Å². The third kappa shape index (κ3) is 1.85. The molecule has 0 saturated carbocycles. The summed E-state index contributed by atoms with van der Waals surface area (Å²) in [6.07, 6.45) is 0. The third-order valence-electron chi connectivity index (χ3n) is 4.92. The van der Waals surface area contributed by atoms with Crippen molar-refractivity contribution < 1.29 is 4.79 Å². The molecule has 0 fully saturated rings. The SMILES string of the molecule is O=C1N(Cc2ccccc2)c2ccccc2C12N=Nc1ccccc12. The van der Waals surface area contributed by atoms with Crippen LogP contribution in [0.25, 0.3) is 0 Å². The minimum absolute atomic E-state index is 0.0359. The Morgan fingerprint density at radius 2 is 1.48 bits per heavy atom. The number of fused-ring (bicyclic) bond motifs is 4.